The van der Waals surface area contributed by atoms with Gasteiger partial charge in [0.25, 0.3) is 5.69 Å². The number of amides is 1. The zero-order valence-electron chi connectivity index (χ0n) is 17.9. The van der Waals surface area contributed by atoms with Crippen molar-refractivity contribution in [2.75, 3.05) is 13.1 Å². The molecule has 0 unspecified atom stereocenters. The van der Waals surface area contributed by atoms with E-state index in [0.717, 1.165) is 5.39 Å². The molecule has 1 N–H and O–H groups in total. The number of aromatic nitrogens is 1. The summed E-state index contributed by atoms with van der Waals surface area (Å²) in [6.45, 7) is 7.07. The Hall–Kier alpha value is -3.30. The molecule has 0 atom stereocenters. The molecule has 1 aliphatic rings. The Bertz CT molecular complexity index is 981. The number of carbonyl (C=O) groups excluding carboxylic acids is 1. The Kier molecular flexibility index (Phi) is 7.14. The summed E-state index contributed by atoms with van der Waals surface area (Å²) in [7, 11) is 0. The van der Waals surface area contributed by atoms with Crippen LogP contribution in [0.5, 0.6) is 0 Å². The summed E-state index contributed by atoms with van der Waals surface area (Å²) in [5, 5.41) is 20.3. The average molecular weight is 435 g/mol. The van der Waals surface area contributed by atoms with Crippen LogP contribution in [0.25, 0.3) is 10.9 Å². The fourth-order valence-corrected chi connectivity index (χ4v) is 3.05. The molecule has 31 heavy (non-hydrogen) atoms. The van der Waals surface area contributed by atoms with E-state index < -0.39 is 23.3 Å². The SMILES string of the molecule is CC(C)(C)OC(=O)N1CCC(F)(C(=O)O)CC1.Cc1ccc2cccnc2c1[N+](=O)[O-]. The first-order valence-electron chi connectivity index (χ1n) is 9.73. The van der Waals surface area contributed by atoms with Crippen molar-refractivity contribution in [3.8, 4) is 0 Å². The lowest BCUT2D eigenvalue weighted by molar-refractivity contribution is -0.383. The number of hydrogen-bond acceptors (Lipinski definition) is 6. The van der Waals surface area contributed by atoms with Gasteiger partial charge in [0.1, 0.15) is 11.1 Å². The number of piperidine rings is 1. The number of nitrogens with zero attached hydrogens (tertiary/aromatic N) is 3. The van der Waals surface area contributed by atoms with Gasteiger partial charge in [0, 0.05) is 43.1 Å². The number of carboxylic acids is 1. The van der Waals surface area contributed by atoms with Gasteiger partial charge in [0.2, 0.25) is 5.67 Å². The van der Waals surface area contributed by atoms with Gasteiger partial charge in [0.05, 0.1) is 4.92 Å². The van der Waals surface area contributed by atoms with E-state index in [1.165, 1.54) is 4.90 Å². The molecular formula is C21H26FN3O6. The largest absolute Gasteiger partial charge is 0.479 e. The number of carboxylic acid groups (broad SMARTS) is 1. The standard InChI is InChI=1S/C11H18FNO4.C10H8N2O2/c1-10(2,3)17-9(16)13-6-4-11(12,5-7-13)8(14)15;1-7-4-5-8-3-2-6-11-9(8)10(7)12(13)14/h4-7H2,1-3H3,(H,14,15);2-6H,1H3. The molecule has 1 amide bonds. The number of alkyl halides is 1. The average Bonchev–Trinajstić information content (AvgIpc) is 2.67. The second-order valence-electron chi connectivity index (χ2n) is 8.30. The zero-order chi connectivity index (χ0) is 23.4. The van der Waals surface area contributed by atoms with E-state index in [0.29, 0.717) is 11.1 Å². The van der Waals surface area contributed by atoms with Gasteiger partial charge in [-0.2, -0.15) is 0 Å². The predicted octanol–water partition coefficient (Wildman–Crippen LogP) is 4.26. The fraction of sp³-hybridized carbons (Fsp3) is 0.476. The van der Waals surface area contributed by atoms with Crippen LogP contribution in [-0.2, 0) is 9.53 Å². The van der Waals surface area contributed by atoms with Crippen LogP contribution in [0.2, 0.25) is 0 Å². The van der Waals surface area contributed by atoms with E-state index >= 15 is 0 Å². The highest BCUT2D eigenvalue weighted by molar-refractivity contribution is 5.88. The molecule has 1 aromatic carbocycles. The van der Waals surface area contributed by atoms with Gasteiger partial charge in [-0.05, 0) is 33.8 Å². The lowest BCUT2D eigenvalue weighted by Crippen LogP contribution is -2.49. The maximum atomic E-state index is 13.7. The molecule has 2 heterocycles. The van der Waals surface area contributed by atoms with Crippen molar-refractivity contribution in [3.05, 3.63) is 46.1 Å². The van der Waals surface area contributed by atoms with Crippen molar-refractivity contribution < 1.29 is 28.7 Å². The molecule has 3 rings (SSSR count). The van der Waals surface area contributed by atoms with Crippen LogP contribution in [0, 0.1) is 17.0 Å². The minimum absolute atomic E-state index is 0.0672. The Balaban J connectivity index is 0.000000224. The first kappa shape index (κ1) is 24.0. The monoisotopic (exact) mass is 435 g/mol. The molecule has 0 radical (unpaired) electrons. The number of halogens is 1. The maximum Gasteiger partial charge on any atom is 0.410 e. The second-order valence-corrected chi connectivity index (χ2v) is 8.30. The first-order chi connectivity index (χ1) is 14.3. The topological polar surface area (TPSA) is 123 Å². The normalized spacial score (nSPS) is 15.6. The molecule has 1 aliphatic heterocycles. The molecule has 1 fully saturated rings. The summed E-state index contributed by atoms with van der Waals surface area (Å²) in [6, 6.07) is 7.16. The molecule has 0 aliphatic carbocycles. The molecule has 2 aromatic rings. The number of likely N-dealkylation sites (tertiary alicyclic amines) is 1. The molecule has 10 heteroatoms. The second kappa shape index (κ2) is 9.23. The third-order valence-electron chi connectivity index (χ3n) is 4.72. The lowest BCUT2D eigenvalue weighted by Gasteiger charge is -2.34. The number of fused-ring (bicyclic) bond motifs is 1. The van der Waals surface area contributed by atoms with Gasteiger partial charge in [-0.3, -0.25) is 10.1 Å². The van der Waals surface area contributed by atoms with Crippen LogP contribution >= 0.6 is 0 Å². The number of pyridine rings is 1. The number of hydrogen-bond donors (Lipinski definition) is 1. The number of aliphatic carboxylic acids is 1. The van der Waals surface area contributed by atoms with Crippen LogP contribution < -0.4 is 0 Å². The van der Waals surface area contributed by atoms with Crippen LogP contribution in [0.15, 0.2) is 30.5 Å². The Morgan fingerprint density at radius 3 is 2.39 bits per heavy atom. The number of nitro groups is 1. The van der Waals surface area contributed by atoms with E-state index in [1.54, 1.807) is 46.0 Å². The summed E-state index contributed by atoms with van der Waals surface area (Å²) < 4.78 is 18.8. The van der Waals surface area contributed by atoms with Gasteiger partial charge in [-0.25, -0.2) is 19.0 Å². The summed E-state index contributed by atoms with van der Waals surface area (Å²) >= 11 is 0. The fourth-order valence-electron chi connectivity index (χ4n) is 3.05. The van der Waals surface area contributed by atoms with Gasteiger partial charge >= 0.3 is 12.1 Å². The summed E-state index contributed by atoms with van der Waals surface area (Å²) in [4.78, 5) is 38.1. The Labute approximate surface area is 179 Å². The number of rotatable bonds is 2. The lowest BCUT2D eigenvalue weighted by atomic mass is 9.94. The van der Waals surface area contributed by atoms with E-state index in [-0.39, 0.29) is 36.5 Å². The molecule has 0 bridgehead atoms. The van der Waals surface area contributed by atoms with Crippen molar-refractivity contribution in [1.82, 2.24) is 9.88 Å². The van der Waals surface area contributed by atoms with Crippen molar-refractivity contribution in [2.24, 2.45) is 0 Å². The van der Waals surface area contributed by atoms with Crippen LogP contribution in [0.3, 0.4) is 0 Å². The summed E-state index contributed by atoms with van der Waals surface area (Å²) in [5.74, 6) is -1.46. The van der Waals surface area contributed by atoms with Crippen molar-refractivity contribution in [1.29, 1.82) is 0 Å². The summed E-state index contributed by atoms with van der Waals surface area (Å²) in [5.41, 5.74) is -1.62. The molecule has 1 saturated heterocycles. The molecule has 0 spiro atoms. The molecule has 9 nitrogen and oxygen atoms in total. The van der Waals surface area contributed by atoms with Gasteiger partial charge in [-0.1, -0.05) is 18.2 Å². The maximum absolute atomic E-state index is 13.7. The number of benzene rings is 1. The highest BCUT2D eigenvalue weighted by Crippen LogP contribution is 2.28. The van der Waals surface area contributed by atoms with E-state index in [9.17, 15) is 24.1 Å². The number of carbonyl (C=O) groups is 2. The highest BCUT2D eigenvalue weighted by Gasteiger charge is 2.43. The van der Waals surface area contributed by atoms with E-state index in [4.69, 9.17) is 9.84 Å². The minimum Gasteiger partial charge on any atom is -0.479 e. The molecular weight excluding hydrogens is 409 g/mol. The third-order valence-corrected chi connectivity index (χ3v) is 4.72. The summed E-state index contributed by atoms with van der Waals surface area (Å²) in [6.07, 6.45) is 0.655. The van der Waals surface area contributed by atoms with Gasteiger partial charge < -0.3 is 14.7 Å². The van der Waals surface area contributed by atoms with Crippen LogP contribution in [0.1, 0.15) is 39.2 Å². The number of aryl methyl sites for hydroxylation is 1. The highest BCUT2D eigenvalue weighted by atomic mass is 19.1. The van der Waals surface area contributed by atoms with Crippen molar-refractivity contribution in [3.63, 3.8) is 0 Å². The van der Waals surface area contributed by atoms with Gasteiger partial charge in [0.15, 0.2) is 0 Å². The van der Waals surface area contributed by atoms with Gasteiger partial charge in [-0.15, -0.1) is 0 Å². The van der Waals surface area contributed by atoms with Crippen molar-refractivity contribution in [2.45, 2.75) is 51.8 Å². The Morgan fingerprint density at radius 2 is 1.87 bits per heavy atom. The quantitative estimate of drug-likeness (QED) is 0.552. The predicted molar refractivity (Wildman–Crippen MR) is 112 cm³/mol. The molecule has 168 valence electrons. The Morgan fingerprint density at radius 1 is 1.26 bits per heavy atom. The van der Waals surface area contributed by atoms with E-state index in [1.807, 2.05) is 12.1 Å². The first-order valence-corrected chi connectivity index (χ1v) is 9.73. The van der Waals surface area contributed by atoms with Crippen molar-refractivity contribution >= 4 is 28.7 Å². The van der Waals surface area contributed by atoms with Crippen LogP contribution in [-0.4, -0.2) is 56.3 Å². The van der Waals surface area contributed by atoms with E-state index in [2.05, 4.69) is 4.98 Å². The minimum atomic E-state index is -2.21. The molecule has 0 saturated carbocycles. The third kappa shape index (κ3) is 6.09. The van der Waals surface area contributed by atoms with Crippen LogP contribution in [0.4, 0.5) is 14.9 Å². The number of ether oxygens (including phenoxy) is 1. The molecule has 1 aromatic heterocycles. The zero-order valence-corrected chi connectivity index (χ0v) is 17.9. The smallest absolute Gasteiger partial charge is 0.410 e. The number of nitro benzene ring substituents is 1.